The molecule has 0 radical (unpaired) electrons. The van der Waals surface area contributed by atoms with Gasteiger partial charge in [-0.1, -0.05) is 177 Å². The summed E-state index contributed by atoms with van der Waals surface area (Å²) in [5, 5.41) is 0. The summed E-state index contributed by atoms with van der Waals surface area (Å²) in [6.07, 6.45) is 53.4. The molecule has 0 aliphatic heterocycles. The molecule has 0 aromatic rings. The molecule has 0 rings (SSSR count). The number of quaternary nitrogens is 1. The quantitative estimate of drug-likeness (QED) is 0.0199. The van der Waals surface area contributed by atoms with Gasteiger partial charge in [-0.2, -0.15) is 0 Å². The summed E-state index contributed by atoms with van der Waals surface area (Å²) < 4.78 is 34.6. The molecule has 0 fully saturated rings. The monoisotopic (exact) mass is 834 g/mol. The number of likely N-dealkylation sites (N-methyl/N-ethyl adjacent to an activating group) is 1. The molecule has 9 heteroatoms. The van der Waals surface area contributed by atoms with Gasteiger partial charge in [0.2, 0.25) is 0 Å². The van der Waals surface area contributed by atoms with Crippen LogP contribution in [0.5, 0.6) is 0 Å². The van der Waals surface area contributed by atoms with Gasteiger partial charge in [-0.3, -0.25) is 9.36 Å². The summed E-state index contributed by atoms with van der Waals surface area (Å²) in [7, 11) is 1.33. The predicted molar refractivity (Wildman–Crippen MR) is 245 cm³/mol. The summed E-state index contributed by atoms with van der Waals surface area (Å²) in [6.45, 7) is 5.26. The van der Waals surface area contributed by atoms with E-state index >= 15 is 0 Å². The Bertz CT molecular complexity index is 1150. The Labute approximate surface area is 357 Å². The first-order valence-corrected chi connectivity index (χ1v) is 24.6. The predicted octanol–water partition coefficient (Wildman–Crippen LogP) is 13.3. The summed E-state index contributed by atoms with van der Waals surface area (Å²) in [6, 6.07) is 0. The summed E-state index contributed by atoms with van der Waals surface area (Å²) >= 11 is 0. The minimum Gasteiger partial charge on any atom is -0.756 e. The minimum atomic E-state index is -4.53. The first-order valence-electron chi connectivity index (χ1n) is 23.2. The first kappa shape index (κ1) is 55.9. The van der Waals surface area contributed by atoms with Crippen molar-refractivity contribution in [3.8, 4) is 0 Å². The molecule has 2 unspecified atom stereocenters. The number of carbonyl (C=O) groups is 1. The third kappa shape index (κ3) is 45.0. The molecule has 0 saturated carbocycles. The Balaban J connectivity index is 4.26. The van der Waals surface area contributed by atoms with Crippen LogP contribution in [0, 0.1) is 0 Å². The van der Waals surface area contributed by atoms with Crippen LogP contribution in [0.3, 0.4) is 0 Å². The molecule has 0 N–H and O–H groups in total. The van der Waals surface area contributed by atoms with Crippen LogP contribution in [-0.4, -0.2) is 70.7 Å². The molecule has 8 nitrogen and oxygen atoms in total. The van der Waals surface area contributed by atoms with E-state index in [2.05, 4.69) is 86.8 Å². The molecule has 0 heterocycles. The topological polar surface area (TPSA) is 94.1 Å². The van der Waals surface area contributed by atoms with E-state index in [0.29, 0.717) is 17.6 Å². The molecule has 336 valence electrons. The third-order valence-electron chi connectivity index (χ3n) is 9.52. The van der Waals surface area contributed by atoms with Gasteiger partial charge in [0.15, 0.2) is 0 Å². The van der Waals surface area contributed by atoms with Crippen LogP contribution < -0.4 is 4.89 Å². The molecule has 0 aromatic carbocycles. The van der Waals surface area contributed by atoms with Gasteiger partial charge in [0, 0.05) is 13.0 Å². The normalized spacial score (nSPS) is 14.4. The van der Waals surface area contributed by atoms with Crippen LogP contribution in [-0.2, 0) is 27.9 Å². The van der Waals surface area contributed by atoms with Gasteiger partial charge in [0.1, 0.15) is 19.3 Å². The van der Waals surface area contributed by atoms with E-state index in [1.807, 2.05) is 21.1 Å². The van der Waals surface area contributed by atoms with Crippen molar-refractivity contribution < 1.29 is 37.3 Å². The highest BCUT2D eigenvalue weighted by Crippen LogP contribution is 2.38. The smallest absolute Gasteiger partial charge is 0.306 e. The lowest BCUT2D eigenvalue weighted by Crippen LogP contribution is -2.37. The van der Waals surface area contributed by atoms with Gasteiger partial charge in [-0.15, -0.1) is 0 Å². The van der Waals surface area contributed by atoms with E-state index in [1.165, 1.54) is 70.6 Å². The molecule has 0 spiro atoms. The van der Waals surface area contributed by atoms with E-state index < -0.39 is 13.9 Å². The number of carbonyl (C=O) groups excluding carboxylic acids is 1. The number of ether oxygens (including phenoxy) is 2. The Kier molecular flexibility index (Phi) is 40.2. The maximum atomic E-state index is 12.7. The highest BCUT2D eigenvalue weighted by Gasteiger charge is 2.20. The molecular weight excluding hydrogens is 746 g/mol. The van der Waals surface area contributed by atoms with Gasteiger partial charge in [-0.05, 0) is 64.2 Å². The van der Waals surface area contributed by atoms with Crippen LogP contribution in [0.1, 0.15) is 174 Å². The van der Waals surface area contributed by atoms with Gasteiger partial charge in [0.25, 0.3) is 7.82 Å². The Morgan fingerprint density at radius 1 is 0.552 bits per heavy atom. The number of hydrogen-bond donors (Lipinski definition) is 0. The zero-order valence-electron chi connectivity index (χ0n) is 38.0. The van der Waals surface area contributed by atoms with E-state index in [0.717, 1.165) is 83.5 Å². The summed E-state index contributed by atoms with van der Waals surface area (Å²) in [5.41, 5.74) is 0. The second-order valence-electron chi connectivity index (χ2n) is 16.4. The fraction of sp³-hybridized carbons (Fsp3) is 0.735. The van der Waals surface area contributed by atoms with Gasteiger partial charge < -0.3 is 27.9 Å². The molecule has 0 aromatic heterocycles. The van der Waals surface area contributed by atoms with E-state index in [-0.39, 0.29) is 32.2 Å². The molecule has 0 amide bonds. The molecule has 0 saturated heterocycles. The molecule has 0 aliphatic rings. The first-order chi connectivity index (χ1) is 28.1. The van der Waals surface area contributed by atoms with Gasteiger partial charge in [0.05, 0.1) is 34.4 Å². The Hall–Kier alpha value is -2.06. The highest BCUT2D eigenvalue weighted by atomic mass is 31.2. The molecule has 2 atom stereocenters. The summed E-state index contributed by atoms with van der Waals surface area (Å²) in [4.78, 5) is 25.1. The van der Waals surface area contributed by atoms with Gasteiger partial charge >= 0.3 is 5.97 Å². The van der Waals surface area contributed by atoms with Crippen molar-refractivity contribution in [3.05, 3.63) is 72.9 Å². The van der Waals surface area contributed by atoms with E-state index in [4.69, 9.17) is 18.5 Å². The molecular formula is C49H88NO7P. The summed E-state index contributed by atoms with van der Waals surface area (Å²) in [5.74, 6) is -0.359. The second-order valence-corrected chi connectivity index (χ2v) is 17.8. The van der Waals surface area contributed by atoms with Crippen molar-refractivity contribution in [2.75, 3.05) is 54.1 Å². The number of phosphoric ester groups is 1. The zero-order valence-corrected chi connectivity index (χ0v) is 38.9. The van der Waals surface area contributed by atoms with Crippen molar-refractivity contribution in [2.24, 2.45) is 0 Å². The largest absolute Gasteiger partial charge is 0.756 e. The molecule has 58 heavy (non-hydrogen) atoms. The fourth-order valence-corrected chi connectivity index (χ4v) is 6.69. The van der Waals surface area contributed by atoms with Crippen molar-refractivity contribution in [3.63, 3.8) is 0 Å². The fourth-order valence-electron chi connectivity index (χ4n) is 5.96. The number of allylic oxidation sites excluding steroid dienone is 12. The lowest BCUT2D eigenvalue weighted by Gasteiger charge is -2.28. The number of unbranched alkanes of at least 4 members (excludes halogenated alkanes) is 16. The van der Waals surface area contributed by atoms with Crippen molar-refractivity contribution >= 4 is 13.8 Å². The second kappa shape index (κ2) is 41.7. The van der Waals surface area contributed by atoms with Crippen LogP contribution >= 0.6 is 7.82 Å². The SMILES string of the molecule is CC/C=C\C/C=C\C/C=C\C/C=C\C/C=C\C/C=C\CCCCCCC(=O)OC(COCCCCCCCCCCCCCCC)COP(=O)([O-])OCC[N+](C)(C)C. The third-order valence-corrected chi connectivity index (χ3v) is 10.5. The zero-order chi connectivity index (χ0) is 42.7. The average molecular weight is 834 g/mol. The van der Waals surface area contributed by atoms with Crippen LogP contribution in [0.25, 0.3) is 0 Å². The van der Waals surface area contributed by atoms with Crippen molar-refractivity contribution in [2.45, 2.75) is 180 Å². The van der Waals surface area contributed by atoms with Crippen molar-refractivity contribution in [1.82, 2.24) is 0 Å². The maximum Gasteiger partial charge on any atom is 0.306 e. The molecule has 0 aliphatic carbocycles. The number of esters is 1. The molecule has 0 bridgehead atoms. The number of rotatable bonds is 42. The lowest BCUT2D eigenvalue weighted by atomic mass is 10.0. The highest BCUT2D eigenvalue weighted by molar-refractivity contribution is 7.45. The minimum absolute atomic E-state index is 0.0182. The van der Waals surface area contributed by atoms with E-state index in [1.54, 1.807) is 0 Å². The van der Waals surface area contributed by atoms with Crippen LogP contribution in [0.4, 0.5) is 0 Å². The Morgan fingerprint density at radius 3 is 1.50 bits per heavy atom. The van der Waals surface area contributed by atoms with Gasteiger partial charge in [-0.25, -0.2) is 0 Å². The standard InChI is InChI=1S/C49H88NO7P/c1-6-8-10-12-14-16-18-20-21-22-23-24-25-26-27-28-29-30-32-34-36-38-40-42-49(51)57-48(47-56-58(52,53)55-45-43-50(3,4)5)46-54-44-41-39-37-35-33-31-19-17-15-13-11-9-7-2/h8,10,14,16,20-21,23-24,26-27,29-30,48H,6-7,9,11-13,15,17-19,22,25,28,31-47H2,1-5H3/b10-8-,16-14-,21-20-,24-23-,27-26-,30-29-. The van der Waals surface area contributed by atoms with E-state index in [9.17, 15) is 14.3 Å². The van der Waals surface area contributed by atoms with Crippen LogP contribution in [0.2, 0.25) is 0 Å². The maximum absolute atomic E-state index is 12.7. The average Bonchev–Trinajstić information content (AvgIpc) is 3.18. The number of nitrogens with zero attached hydrogens (tertiary/aromatic N) is 1. The lowest BCUT2D eigenvalue weighted by molar-refractivity contribution is -0.870. The Morgan fingerprint density at radius 2 is 1.00 bits per heavy atom. The number of hydrogen-bond acceptors (Lipinski definition) is 7. The van der Waals surface area contributed by atoms with Crippen LogP contribution in [0.15, 0.2) is 72.9 Å². The van der Waals surface area contributed by atoms with Crippen molar-refractivity contribution in [1.29, 1.82) is 0 Å². The number of phosphoric acid groups is 1.